The van der Waals surface area contributed by atoms with E-state index in [4.69, 9.17) is 10.8 Å². The number of phenols is 1. The van der Waals surface area contributed by atoms with Crippen molar-refractivity contribution >= 4 is 0 Å². The van der Waals surface area contributed by atoms with Crippen LogP contribution < -0.4 is 5.73 Å². The van der Waals surface area contributed by atoms with E-state index in [2.05, 4.69) is 0 Å². The van der Waals surface area contributed by atoms with Gasteiger partial charge in [0.15, 0.2) is 0 Å². The lowest BCUT2D eigenvalue weighted by Crippen LogP contribution is -2.28. The molecule has 0 saturated heterocycles. The zero-order valence-electron chi connectivity index (χ0n) is 8.10. The van der Waals surface area contributed by atoms with Crippen LogP contribution in [0.25, 0.3) is 0 Å². The maximum atomic E-state index is 12.3. The van der Waals surface area contributed by atoms with Crippen molar-refractivity contribution in [2.24, 2.45) is 5.73 Å². The molecule has 8 heteroatoms. The first-order valence-corrected chi connectivity index (χ1v) is 4.26. The van der Waals surface area contributed by atoms with Crippen molar-refractivity contribution in [2.45, 2.75) is 18.4 Å². The first-order chi connectivity index (χ1) is 7.53. The first-order valence-electron chi connectivity index (χ1n) is 4.26. The minimum absolute atomic E-state index is 0.188. The summed E-state index contributed by atoms with van der Waals surface area (Å²) in [7, 11) is 0. The Kier molecular flexibility index (Phi) is 3.28. The van der Waals surface area contributed by atoms with Gasteiger partial charge in [-0.05, 0) is 17.7 Å². The predicted molar refractivity (Wildman–Crippen MR) is 46.1 cm³/mol. The lowest BCUT2D eigenvalue weighted by Gasteiger charge is -2.18. The molecule has 0 saturated carbocycles. The molecule has 0 aliphatic heterocycles. The number of hydrogen-bond donors (Lipinski definition) is 2. The summed E-state index contributed by atoms with van der Waals surface area (Å²) in [5, 5.41) is 8.91. The van der Waals surface area contributed by atoms with Crippen LogP contribution in [0, 0.1) is 0 Å². The molecule has 0 radical (unpaired) electrons. The van der Waals surface area contributed by atoms with Crippen LogP contribution in [0.1, 0.15) is 17.2 Å². The molecule has 0 amide bonds. The predicted octanol–water partition coefficient (Wildman–Crippen LogP) is 2.97. The molecule has 1 unspecified atom stereocenters. The van der Waals surface area contributed by atoms with Gasteiger partial charge in [-0.15, -0.1) is 0 Å². The van der Waals surface area contributed by atoms with E-state index < -0.39 is 35.3 Å². The van der Waals surface area contributed by atoms with Crippen molar-refractivity contribution in [1.29, 1.82) is 0 Å². The monoisotopic (exact) mass is 259 g/mol. The summed E-state index contributed by atoms with van der Waals surface area (Å²) in [5.74, 6) is -1.14. The highest BCUT2D eigenvalue weighted by molar-refractivity contribution is 5.39. The highest BCUT2D eigenvalue weighted by Gasteiger charge is 2.40. The van der Waals surface area contributed by atoms with Gasteiger partial charge in [0.2, 0.25) is 0 Å². The van der Waals surface area contributed by atoms with E-state index in [1.165, 1.54) is 0 Å². The number of benzene rings is 1. The van der Waals surface area contributed by atoms with Crippen molar-refractivity contribution in [1.82, 2.24) is 0 Å². The Hall–Kier alpha value is -1.44. The fourth-order valence-electron chi connectivity index (χ4n) is 1.16. The van der Waals surface area contributed by atoms with Gasteiger partial charge in [-0.25, -0.2) is 0 Å². The fourth-order valence-corrected chi connectivity index (χ4v) is 1.16. The van der Waals surface area contributed by atoms with E-state index in [1.807, 2.05) is 0 Å². The molecule has 0 aliphatic rings. The quantitative estimate of drug-likeness (QED) is 0.761. The zero-order chi connectivity index (χ0) is 13.4. The number of phenolic OH excluding ortho intramolecular Hbond substituents is 1. The molecule has 2 nitrogen and oxygen atoms in total. The molecular weight excluding hydrogens is 252 g/mol. The summed E-state index contributed by atoms with van der Waals surface area (Å²) in [5.41, 5.74) is 2.45. The first kappa shape index (κ1) is 13.6. The second kappa shape index (κ2) is 4.10. The second-order valence-electron chi connectivity index (χ2n) is 3.29. The molecule has 1 rings (SSSR count). The van der Waals surface area contributed by atoms with Crippen LogP contribution in [0.15, 0.2) is 18.2 Å². The molecule has 3 N–H and O–H groups in total. The Bertz CT molecular complexity index is 411. The van der Waals surface area contributed by atoms with E-state index in [0.29, 0.717) is 12.1 Å². The third kappa shape index (κ3) is 3.02. The number of nitrogens with two attached hydrogens (primary N) is 1. The number of hydrogen-bond acceptors (Lipinski definition) is 2. The summed E-state index contributed by atoms with van der Waals surface area (Å²) in [6.45, 7) is 0. The highest BCUT2D eigenvalue weighted by atomic mass is 19.4. The van der Waals surface area contributed by atoms with Gasteiger partial charge in [0.1, 0.15) is 11.8 Å². The highest BCUT2D eigenvalue weighted by Crippen LogP contribution is 2.39. The van der Waals surface area contributed by atoms with E-state index in [1.54, 1.807) is 0 Å². The van der Waals surface area contributed by atoms with Crippen molar-refractivity contribution in [3.05, 3.63) is 29.3 Å². The summed E-state index contributed by atoms with van der Waals surface area (Å²) in [4.78, 5) is 0. The lowest BCUT2D eigenvalue weighted by molar-refractivity contribution is -0.150. The van der Waals surface area contributed by atoms with Crippen LogP contribution >= 0.6 is 0 Å². The van der Waals surface area contributed by atoms with Crippen LogP contribution in [0.4, 0.5) is 26.3 Å². The van der Waals surface area contributed by atoms with Gasteiger partial charge in [-0.3, -0.25) is 0 Å². The van der Waals surface area contributed by atoms with Gasteiger partial charge in [-0.1, -0.05) is 6.07 Å². The van der Waals surface area contributed by atoms with Gasteiger partial charge in [0, 0.05) is 0 Å². The SMILES string of the molecule is NC(c1ccc(O)c(C(F)(F)F)c1)C(F)(F)F. The van der Waals surface area contributed by atoms with Gasteiger partial charge in [-0.2, -0.15) is 26.3 Å². The summed E-state index contributed by atoms with van der Waals surface area (Å²) < 4.78 is 73.5. The second-order valence-corrected chi connectivity index (χ2v) is 3.29. The van der Waals surface area contributed by atoms with Crippen molar-refractivity contribution < 1.29 is 31.4 Å². The Labute approximate surface area is 91.7 Å². The molecular formula is C9H7F6NO. The summed E-state index contributed by atoms with van der Waals surface area (Å²) in [6, 6.07) is -1.11. The Morgan fingerprint density at radius 2 is 1.59 bits per heavy atom. The lowest BCUT2D eigenvalue weighted by atomic mass is 10.0. The Balaban J connectivity index is 3.23. The Morgan fingerprint density at radius 3 is 2.00 bits per heavy atom. The zero-order valence-corrected chi connectivity index (χ0v) is 8.10. The van der Waals surface area contributed by atoms with Gasteiger partial charge in [0.25, 0.3) is 0 Å². The van der Waals surface area contributed by atoms with Gasteiger partial charge < -0.3 is 10.8 Å². The molecule has 0 aromatic heterocycles. The van der Waals surface area contributed by atoms with E-state index in [0.717, 1.165) is 0 Å². The standard InChI is InChI=1S/C9H7F6NO/c10-8(11,12)5-3-4(1-2-6(5)17)7(16)9(13,14)15/h1-3,7,17H,16H2. The maximum Gasteiger partial charge on any atom is 0.419 e. The third-order valence-electron chi connectivity index (χ3n) is 2.04. The largest absolute Gasteiger partial charge is 0.507 e. The van der Waals surface area contributed by atoms with Crippen molar-refractivity contribution in [2.75, 3.05) is 0 Å². The number of aromatic hydroxyl groups is 1. The van der Waals surface area contributed by atoms with Crippen molar-refractivity contribution in [3.8, 4) is 5.75 Å². The maximum absolute atomic E-state index is 12.3. The normalized spacial score (nSPS) is 14.8. The molecule has 0 fully saturated rings. The van der Waals surface area contributed by atoms with E-state index >= 15 is 0 Å². The fraction of sp³-hybridized carbons (Fsp3) is 0.333. The number of alkyl halides is 6. The number of rotatable bonds is 1. The molecule has 0 aliphatic carbocycles. The minimum Gasteiger partial charge on any atom is -0.507 e. The number of halogens is 6. The van der Waals surface area contributed by atoms with Crippen LogP contribution in [0.5, 0.6) is 5.75 Å². The Morgan fingerprint density at radius 1 is 1.06 bits per heavy atom. The third-order valence-corrected chi connectivity index (χ3v) is 2.04. The molecule has 96 valence electrons. The minimum atomic E-state index is -4.94. The van der Waals surface area contributed by atoms with Crippen LogP contribution in [0.3, 0.4) is 0 Å². The molecule has 0 spiro atoms. The molecule has 17 heavy (non-hydrogen) atoms. The van der Waals surface area contributed by atoms with Crippen molar-refractivity contribution in [3.63, 3.8) is 0 Å². The van der Waals surface area contributed by atoms with E-state index in [9.17, 15) is 26.3 Å². The molecule has 1 aromatic rings. The van der Waals surface area contributed by atoms with Gasteiger partial charge >= 0.3 is 12.4 Å². The van der Waals surface area contributed by atoms with E-state index in [-0.39, 0.29) is 6.07 Å². The average Bonchev–Trinajstić information content (AvgIpc) is 2.14. The average molecular weight is 259 g/mol. The molecule has 0 heterocycles. The molecule has 1 atom stereocenters. The summed E-state index contributed by atoms with van der Waals surface area (Å²) >= 11 is 0. The summed E-state index contributed by atoms with van der Waals surface area (Å²) in [6.07, 6.45) is -9.79. The van der Waals surface area contributed by atoms with Crippen LogP contribution in [-0.4, -0.2) is 11.3 Å². The smallest absolute Gasteiger partial charge is 0.419 e. The molecule has 0 bridgehead atoms. The van der Waals surface area contributed by atoms with Crippen LogP contribution in [-0.2, 0) is 6.18 Å². The molecule has 1 aromatic carbocycles. The van der Waals surface area contributed by atoms with Crippen LogP contribution in [0.2, 0.25) is 0 Å². The van der Waals surface area contributed by atoms with Gasteiger partial charge in [0.05, 0.1) is 5.56 Å². The topological polar surface area (TPSA) is 46.2 Å².